The van der Waals surface area contributed by atoms with Gasteiger partial charge in [-0.1, -0.05) is 20.8 Å². The van der Waals surface area contributed by atoms with Crippen molar-refractivity contribution < 1.29 is 23.5 Å². The Bertz CT molecular complexity index is 1280. The summed E-state index contributed by atoms with van der Waals surface area (Å²) in [5, 5.41) is 16.9. The van der Waals surface area contributed by atoms with Crippen molar-refractivity contribution in [3.05, 3.63) is 71.6 Å². The Kier molecular flexibility index (Phi) is 7.17. The second-order valence-electron chi connectivity index (χ2n) is 6.85. The molecule has 10 heteroatoms. The first-order valence-electron chi connectivity index (χ1n) is 10.5. The molecule has 2 N–H and O–H groups in total. The largest absolute Gasteiger partial charge is 0.476 e. The van der Waals surface area contributed by atoms with Gasteiger partial charge in [0.15, 0.2) is 5.69 Å². The van der Waals surface area contributed by atoms with E-state index >= 15 is 0 Å². The molecular formula is C23H24FN5O4. The lowest BCUT2D eigenvalue weighted by molar-refractivity contribution is 0.0689. The smallest absolute Gasteiger partial charge is 0.358 e. The number of halogens is 1. The van der Waals surface area contributed by atoms with Crippen molar-refractivity contribution in [1.82, 2.24) is 25.1 Å². The van der Waals surface area contributed by atoms with Crippen molar-refractivity contribution in [3.8, 4) is 5.69 Å². The number of carboxylic acid groups (broad SMARTS) is 1. The summed E-state index contributed by atoms with van der Waals surface area (Å²) in [6, 6.07) is 5.17. The van der Waals surface area contributed by atoms with Gasteiger partial charge in [-0.05, 0) is 37.6 Å². The molecule has 4 rings (SSSR count). The molecule has 33 heavy (non-hydrogen) atoms. The van der Waals surface area contributed by atoms with E-state index in [1.807, 2.05) is 20.8 Å². The Morgan fingerprint density at radius 3 is 2.48 bits per heavy atom. The number of nitrogens with zero attached hydrogens (tertiary/aromatic N) is 4. The topological polar surface area (TPSA) is 123 Å². The van der Waals surface area contributed by atoms with Crippen molar-refractivity contribution >= 4 is 22.8 Å². The van der Waals surface area contributed by atoms with E-state index in [1.54, 1.807) is 23.0 Å². The van der Waals surface area contributed by atoms with Gasteiger partial charge in [-0.25, -0.2) is 18.9 Å². The molecule has 9 nitrogen and oxygen atoms in total. The molecule has 0 saturated carbocycles. The van der Waals surface area contributed by atoms with Crippen LogP contribution in [-0.4, -0.2) is 36.7 Å². The van der Waals surface area contributed by atoms with Crippen molar-refractivity contribution in [2.24, 2.45) is 0 Å². The number of hydrogen-bond donors (Lipinski definition) is 2. The Morgan fingerprint density at radius 1 is 1.18 bits per heavy atom. The molecule has 0 bridgehead atoms. The second kappa shape index (κ2) is 10.0. The summed E-state index contributed by atoms with van der Waals surface area (Å²) < 4.78 is 20.3. The van der Waals surface area contributed by atoms with Crippen molar-refractivity contribution in [2.75, 3.05) is 0 Å². The molecule has 1 amide bonds. The lowest BCUT2D eigenvalue weighted by atomic mass is 10.1. The van der Waals surface area contributed by atoms with Gasteiger partial charge in [-0.3, -0.25) is 9.78 Å². The highest BCUT2D eigenvalue weighted by atomic mass is 19.1. The van der Waals surface area contributed by atoms with Crippen LogP contribution in [0.3, 0.4) is 0 Å². The highest BCUT2D eigenvalue weighted by molar-refractivity contribution is 6.06. The standard InChI is InChI=1S/C21H18FN5O4.C2H6/c1-3-16(20-26-18(21(29)30)11(2)31-20)25-19(28)15-8-23-10-17-14(15)9-24-27(17)13-6-4-12(22)5-7-13;1-2/h4-10,16H,3H2,1-2H3,(H,25,28)(H,29,30);1-2H3. The van der Waals surface area contributed by atoms with Gasteiger partial charge in [-0.15, -0.1) is 0 Å². The van der Waals surface area contributed by atoms with Gasteiger partial charge in [0.05, 0.1) is 29.2 Å². The molecule has 0 saturated heterocycles. The van der Waals surface area contributed by atoms with Gasteiger partial charge in [0.2, 0.25) is 5.89 Å². The van der Waals surface area contributed by atoms with Crippen LogP contribution in [0, 0.1) is 12.7 Å². The Morgan fingerprint density at radius 2 is 1.88 bits per heavy atom. The monoisotopic (exact) mass is 453 g/mol. The Hall–Kier alpha value is -4.08. The number of fused-ring (bicyclic) bond motifs is 1. The van der Waals surface area contributed by atoms with E-state index in [0.29, 0.717) is 23.0 Å². The molecule has 0 radical (unpaired) electrons. The first kappa shape index (κ1) is 23.6. The van der Waals surface area contributed by atoms with Crippen LogP contribution in [0.5, 0.6) is 0 Å². The average Bonchev–Trinajstić information content (AvgIpc) is 3.43. The summed E-state index contributed by atoms with van der Waals surface area (Å²) in [4.78, 5) is 32.4. The number of oxazole rings is 1. The average molecular weight is 453 g/mol. The minimum absolute atomic E-state index is 0.118. The third-order valence-corrected chi connectivity index (χ3v) is 4.84. The number of hydrogen-bond acceptors (Lipinski definition) is 6. The normalized spacial score (nSPS) is 11.5. The SMILES string of the molecule is CC.CCC(NC(=O)c1cncc2c1cnn2-c1ccc(F)cc1)c1nc(C(=O)O)c(C)o1. The van der Waals surface area contributed by atoms with E-state index in [4.69, 9.17) is 4.42 Å². The zero-order valence-electron chi connectivity index (χ0n) is 18.7. The van der Waals surface area contributed by atoms with E-state index in [9.17, 15) is 19.1 Å². The maximum Gasteiger partial charge on any atom is 0.358 e. The summed E-state index contributed by atoms with van der Waals surface area (Å²) >= 11 is 0. The highest BCUT2D eigenvalue weighted by Crippen LogP contribution is 2.24. The number of rotatable bonds is 6. The molecular weight excluding hydrogens is 429 g/mol. The predicted octanol–water partition coefficient (Wildman–Crippen LogP) is 4.46. The number of nitrogens with one attached hydrogen (secondary N) is 1. The molecule has 1 atom stereocenters. The molecule has 172 valence electrons. The maximum atomic E-state index is 13.2. The van der Waals surface area contributed by atoms with E-state index in [0.717, 1.165) is 0 Å². The van der Waals surface area contributed by atoms with E-state index < -0.39 is 17.9 Å². The zero-order valence-corrected chi connectivity index (χ0v) is 18.7. The predicted molar refractivity (Wildman–Crippen MR) is 119 cm³/mol. The van der Waals surface area contributed by atoms with Crippen molar-refractivity contribution in [1.29, 1.82) is 0 Å². The van der Waals surface area contributed by atoms with Crippen LogP contribution in [0.4, 0.5) is 4.39 Å². The first-order valence-corrected chi connectivity index (χ1v) is 10.5. The quantitative estimate of drug-likeness (QED) is 0.442. The van der Waals surface area contributed by atoms with Gasteiger partial charge >= 0.3 is 5.97 Å². The summed E-state index contributed by atoms with van der Waals surface area (Å²) in [5.41, 5.74) is 1.30. The van der Waals surface area contributed by atoms with Gasteiger partial charge in [-0.2, -0.15) is 5.10 Å². The third kappa shape index (κ3) is 4.74. The van der Waals surface area contributed by atoms with Crippen LogP contribution in [0.15, 0.2) is 47.3 Å². The molecule has 4 aromatic rings. The Balaban J connectivity index is 0.00000149. The van der Waals surface area contributed by atoms with Crippen LogP contribution in [-0.2, 0) is 0 Å². The fourth-order valence-electron chi connectivity index (χ4n) is 3.25. The molecule has 0 aliphatic heterocycles. The number of aromatic carboxylic acids is 1. The summed E-state index contributed by atoms with van der Waals surface area (Å²) in [6.45, 7) is 7.32. The molecule has 0 aliphatic rings. The maximum absolute atomic E-state index is 13.2. The fraction of sp³-hybridized carbons (Fsp3) is 0.261. The molecule has 3 heterocycles. The van der Waals surface area contributed by atoms with Gasteiger partial charge in [0.1, 0.15) is 17.6 Å². The number of amides is 1. The van der Waals surface area contributed by atoms with E-state index in [-0.39, 0.29) is 28.7 Å². The number of carbonyl (C=O) groups is 2. The number of pyridine rings is 1. The van der Waals surface area contributed by atoms with Crippen LogP contribution < -0.4 is 5.32 Å². The molecule has 0 spiro atoms. The van der Waals surface area contributed by atoms with Crippen LogP contribution in [0.1, 0.15) is 65.7 Å². The minimum atomic E-state index is -1.20. The first-order chi connectivity index (χ1) is 15.9. The molecule has 1 aromatic carbocycles. The van der Waals surface area contributed by atoms with Gasteiger partial charge in [0, 0.05) is 11.6 Å². The lowest BCUT2D eigenvalue weighted by Gasteiger charge is -2.14. The Labute approximate surface area is 189 Å². The van der Waals surface area contributed by atoms with Crippen LogP contribution in [0.2, 0.25) is 0 Å². The summed E-state index contributed by atoms with van der Waals surface area (Å²) in [7, 11) is 0. The van der Waals surface area contributed by atoms with Gasteiger partial charge < -0.3 is 14.8 Å². The zero-order chi connectivity index (χ0) is 24.1. The van der Waals surface area contributed by atoms with Crippen LogP contribution in [0.25, 0.3) is 16.6 Å². The minimum Gasteiger partial charge on any atom is -0.476 e. The summed E-state index contributed by atoms with van der Waals surface area (Å²) in [5.74, 6) is -1.71. The fourth-order valence-corrected chi connectivity index (χ4v) is 3.25. The number of benzene rings is 1. The van der Waals surface area contributed by atoms with Crippen molar-refractivity contribution in [2.45, 2.75) is 40.2 Å². The van der Waals surface area contributed by atoms with Crippen molar-refractivity contribution in [3.63, 3.8) is 0 Å². The lowest BCUT2D eigenvalue weighted by Crippen LogP contribution is -2.28. The van der Waals surface area contributed by atoms with E-state index in [1.165, 1.54) is 31.5 Å². The van der Waals surface area contributed by atoms with E-state index in [2.05, 4.69) is 20.4 Å². The molecule has 1 unspecified atom stereocenters. The van der Waals surface area contributed by atoms with Gasteiger partial charge in [0.25, 0.3) is 5.91 Å². The number of aromatic nitrogens is 4. The van der Waals surface area contributed by atoms with Crippen LogP contribution >= 0.6 is 0 Å². The summed E-state index contributed by atoms with van der Waals surface area (Å²) in [6.07, 6.45) is 4.96. The second-order valence-corrected chi connectivity index (χ2v) is 6.85. The molecule has 3 aromatic heterocycles. The number of carbonyl (C=O) groups excluding carboxylic acids is 1. The number of aryl methyl sites for hydroxylation is 1. The molecule has 0 aliphatic carbocycles. The molecule has 0 fully saturated rings. The third-order valence-electron chi connectivity index (χ3n) is 4.84. The highest BCUT2D eigenvalue weighted by Gasteiger charge is 2.24. The number of carboxylic acids is 1.